The Kier molecular flexibility index (Phi) is 9.67. The van der Waals surface area contributed by atoms with E-state index < -0.39 is 30.2 Å². The average Bonchev–Trinajstić information content (AvgIpc) is 2.80. The molecule has 0 aliphatic carbocycles. The number of carbonyl (C=O) groups is 3. The zero-order valence-corrected chi connectivity index (χ0v) is 17.4. The lowest BCUT2D eigenvalue weighted by Crippen LogP contribution is -2.44. The summed E-state index contributed by atoms with van der Waals surface area (Å²) in [4.78, 5) is 40.1. The second-order valence-corrected chi connectivity index (χ2v) is 6.79. The summed E-state index contributed by atoms with van der Waals surface area (Å²) in [5.74, 6) is -1.58. The van der Waals surface area contributed by atoms with Gasteiger partial charge in [0, 0.05) is 6.54 Å². The van der Waals surface area contributed by atoms with Gasteiger partial charge in [0.25, 0.3) is 0 Å². The van der Waals surface area contributed by atoms with E-state index >= 15 is 0 Å². The number of carbonyl (C=O) groups excluding carboxylic acids is 2. The van der Waals surface area contributed by atoms with Crippen molar-refractivity contribution in [2.45, 2.75) is 32.1 Å². The Morgan fingerprint density at radius 3 is 2.00 bits per heavy atom. The van der Waals surface area contributed by atoms with Crippen LogP contribution in [0.15, 0.2) is 65.7 Å². The number of aliphatic carboxylic acids is 1. The second kappa shape index (κ2) is 12.7. The third-order valence-electron chi connectivity index (χ3n) is 4.33. The molecule has 0 aliphatic heterocycles. The molecule has 0 bridgehead atoms. The summed E-state index contributed by atoms with van der Waals surface area (Å²) in [5, 5.41) is 8.91. The highest BCUT2D eigenvalue weighted by molar-refractivity contribution is 5.97. The molecule has 2 amide bonds. The summed E-state index contributed by atoms with van der Waals surface area (Å²) in [7, 11) is 0. The first kappa shape index (κ1) is 24.4. The number of rotatable bonds is 9. The van der Waals surface area contributed by atoms with Crippen molar-refractivity contribution < 1.29 is 29.0 Å². The first-order valence-corrected chi connectivity index (χ1v) is 9.88. The van der Waals surface area contributed by atoms with E-state index in [1.54, 1.807) is 48.5 Å². The molecule has 0 saturated carbocycles. The van der Waals surface area contributed by atoms with Gasteiger partial charge in [0.15, 0.2) is 0 Å². The van der Waals surface area contributed by atoms with E-state index in [4.69, 9.17) is 26.0 Å². The Labute approximate surface area is 185 Å². The van der Waals surface area contributed by atoms with Crippen molar-refractivity contribution in [2.75, 3.05) is 6.54 Å². The summed E-state index contributed by atoms with van der Waals surface area (Å²) >= 11 is 0. The maximum atomic E-state index is 12.6. The molecule has 1 atom stereocenters. The minimum atomic E-state index is -1.16. The number of hydrogen-bond donors (Lipinski definition) is 3. The molecule has 2 aromatic carbocycles. The fourth-order valence-corrected chi connectivity index (χ4v) is 2.59. The van der Waals surface area contributed by atoms with Crippen molar-refractivity contribution in [1.29, 1.82) is 0 Å². The lowest BCUT2D eigenvalue weighted by Gasteiger charge is -2.21. The molecule has 170 valence electrons. The van der Waals surface area contributed by atoms with Gasteiger partial charge in [-0.3, -0.25) is 4.79 Å². The van der Waals surface area contributed by atoms with Gasteiger partial charge in [-0.25, -0.2) is 14.5 Å². The van der Waals surface area contributed by atoms with Crippen LogP contribution in [-0.4, -0.2) is 46.7 Å². The molecule has 0 aromatic heterocycles. The van der Waals surface area contributed by atoms with Gasteiger partial charge in [0.1, 0.15) is 19.3 Å². The highest BCUT2D eigenvalue weighted by atomic mass is 16.6. The van der Waals surface area contributed by atoms with E-state index in [2.05, 4.69) is 4.99 Å². The predicted octanol–water partition coefficient (Wildman–Crippen LogP) is 2.47. The van der Waals surface area contributed by atoms with E-state index in [9.17, 15) is 14.4 Å². The van der Waals surface area contributed by atoms with Gasteiger partial charge >= 0.3 is 18.2 Å². The molecule has 0 unspecified atom stereocenters. The highest BCUT2D eigenvalue weighted by Crippen LogP contribution is 2.07. The van der Waals surface area contributed by atoms with Crippen LogP contribution in [0.5, 0.6) is 0 Å². The highest BCUT2D eigenvalue weighted by Gasteiger charge is 2.21. The molecule has 0 heterocycles. The normalized spacial score (nSPS) is 12.0. The number of nitrogens with two attached hydrogens (primary N) is 2. The van der Waals surface area contributed by atoms with Crippen LogP contribution in [0.25, 0.3) is 0 Å². The molecule has 0 spiro atoms. The zero-order chi connectivity index (χ0) is 23.3. The number of guanidine groups is 1. The van der Waals surface area contributed by atoms with E-state index in [1.807, 2.05) is 12.1 Å². The summed E-state index contributed by atoms with van der Waals surface area (Å²) in [6.07, 6.45) is -1.53. The number of benzene rings is 2. The lowest BCUT2D eigenvalue weighted by atomic mass is 10.1. The largest absolute Gasteiger partial charge is 0.480 e. The monoisotopic (exact) mass is 442 g/mol. The smallest absolute Gasteiger partial charge is 0.437 e. The van der Waals surface area contributed by atoms with Crippen molar-refractivity contribution >= 4 is 24.1 Å². The van der Waals surface area contributed by atoms with Gasteiger partial charge in [0.2, 0.25) is 5.96 Å². The number of ether oxygens (including phenoxy) is 2. The fraction of sp³-hybridized carbons (Fsp3) is 0.273. The molecule has 0 aliphatic rings. The van der Waals surface area contributed by atoms with Crippen LogP contribution in [0, 0.1) is 0 Å². The maximum absolute atomic E-state index is 12.6. The molecule has 10 nitrogen and oxygen atoms in total. The number of carboxylic acids is 1. The number of aliphatic imine (C=N–C) groups is 1. The Morgan fingerprint density at radius 1 is 0.938 bits per heavy atom. The quantitative estimate of drug-likeness (QED) is 0.395. The van der Waals surface area contributed by atoms with E-state index in [-0.39, 0.29) is 32.6 Å². The van der Waals surface area contributed by atoms with E-state index in [0.717, 1.165) is 16.0 Å². The van der Waals surface area contributed by atoms with Crippen LogP contribution >= 0.6 is 0 Å². The molecular weight excluding hydrogens is 416 g/mol. The van der Waals surface area contributed by atoms with Gasteiger partial charge in [-0.15, -0.1) is 4.99 Å². The molecule has 0 radical (unpaired) electrons. The summed E-state index contributed by atoms with van der Waals surface area (Å²) in [6, 6.07) is 16.9. The van der Waals surface area contributed by atoms with E-state index in [1.165, 1.54) is 0 Å². The SMILES string of the molecule is NC(=NC(=O)OCc1ccccc1)N(CCC[C@@H](N)C(=O)O)C(=O)OCc1ccccc1. The summed E-state index contributed by atoms with van der Waals surface area (Å²) < 4.78 is 10.3. The van der Waals surface area contributed by atoms with Crippen molar-refractivity contribution in [2.24, 2.45) is 16.5 Å². The van der Waals surface area contributed by atoms with Crippen LogP contribution in [0.2, 0.25) is 0 Å². The molecule has 2 rings (SSSR count). The Hall–Kier alpha value is -3.92. The third-order valence-corrected chi connectivity index (χ3v) is 4.33. The average molecular weight is 442 g/mol. The Morgan fingerprint density at radius 2 is 1.47 bits per heavy atom. The van der Waals surface area contributed by atoms with Crippen molar-refractivity contribution in [3.8, 4) is 0 Å². The van der Waals surface area contributed by atoms with Crippen LogP contribution in [0.1, 0.15) is 24.0 Å². The van der Waals surface area contributed by atoms with Crippen LogP contribution in [0.4, 0.5) is 9.59 Å². The first-order chi connectivity index (χ1) is 15.4. The molecule has 0 fully saturated rings. The molecule has 2 aromatic rings. The predicted molar refractivity (Wildman–Crippen MR) is 116 cm³/mol. The van der Waals surface area contributed by atoms with Crippen LogP contribution < -0.4 is 11.5 Å². The topological polar surface area (TPSA) is 158 Å². The number of carboxylic acid groups (broad SMARTS) is 1. The number of nitrogens with zero attached hydrogens (tertiary/aromatic N) is 2. The second-order valence-electron chi connectivity index (χ2n) is 6.79. The standard InChI is InChI=1S/C22H26N4O6/c23-18(19(27)28)12-7-13-26(22(30)32-15-17-10-5-2-6-11-17)20(24)25-21(29)31-14-16-8-3-1-4-9-16/h1-6,8-11,18H,7,12-15,23H2,(H,27,28)(H2,24,25,29)/t18-/m1/s1. The fourth-order valence-electron chi connectivity index (χ4n) is 2.59. The summed E-state index contributed by atoms with van der Waals surface area (Å²) in [6.45, 7) is -0.0746. The minimum Gasteiger partial charge on any atom is -0.480 e. The lowest BCUT2D eigenvalue weighted by molar-refractivity contribution is -0.138. The van der Waals surface area contributed by atoms with E-state index in [0.29, 0.717) is 0 Å². The molecule has 32 heavy (non-hydrogen) atoms. The number of amides is 2. The third kappa shape index (κ3) is 8.44. The molecule has 0 saturated heterocycles. The number of hydrogen-bond acceptors (Lipinski definition) is 6. The van der Waals surface area contributed by atoms with Gasteiger partial charge in [-0.1, -0.05) is 60.7 Å². The van der Waals surface area contributed by atoms with Gasteiger partial charge in [0.05, 0.1) is 0 Å². The molecule has 10 heteroatoms. The van der Waals surface area contributed by atoms with Crippen LogP contribution in [-0.2, 0) is 27.5 Å². The van der Waals surface area contributed by atoms with Gasteiger partial charge < -0.3 is 26.0 Å². The zero-order valence-electron chi connectivity index (χ0n) is 17.4. The maximum Gasteiger partial charge on any atom is 0.437 e. The Bertz CT molecular complexity index is 921. The molecular formula is C22H26N4O6. The van der Waals surface area contributed by atoms with Crippen molar-refractivity contribution in [1.82, 2.24) is 4.90 Å². The van der Waals surface area contributed by atoms with Crippen molar-refractivity contribution in [3.05, 3.63) is 71.8 Å². The first-order valence-electron chi connectivity index (χ1n) is 9.88. The van der Waals surface area contributed by atoms with Crippen LogP contribution in [0.3, 0.4) is 0 Å². The summed E-state index contributed by atoms with van der Waals surface area (Å²) in [5.41, 5.74) is 12.9. The minimum absolute atomic E-state index is 0.0115. The molecule has 5 N–H and O–H groups in total. The Balaban J connectivity index is 2.01. The van der Waals surface area contributed by atoms with Crippen molar-refractivity contribution in [3.63, 3.8) is 0 Å². The van der Waals surface area contributed by atoms with Gasteiger partial charge in [-0.2, -0.15) is 0 Å². The van der Waals surface area contributed by atoms with Gasteiger partial charge in [-0.05, 0) is 24.0 Å².